The minimum atomic E-state index is -0.351. The Morgan fingerprint density at radius 3 is 2.38 bits per heavy atom. The average Bonchev–Trinajstić information content (AvgIpc) is 1.78. The van der Waals surface area contributed by atoms with Crippen LogP contribution in [0.1, 0.15) is 34.6 Å². The molecule has 0 spiro atoms. The van der Waals surface area contributed by atoms with Gasteiger partial charge >= 0.3 is 0 Å². The Balaban J connectivity index is 2.86. The van der Waals surface area contributed by atoms with Crippen LogP contribution >= 0.6 is 0 Å². The number of nitrogens with one attached hydrogen (secondary N) is 1. The van der Waals surface area contributed by atoms with Crippen molar-refractivity contribution in [2.24, 2.45) is 11.8 Å². The van der Waals surface area contributed by atoms with Gasteiger partial charge in [0.1, 0.15) is 6.23 Å². The summed E-state index contributed by atoms with van der Waals surface area (Å²) in [5, 5.41) is 2.81. The predicted molar refractivity (Wildman–Crippen MR) is 51.1 cm³/mol. The molecule has 1 fully saturated rings. The van der Waals surface area contributed by atoms with E-state index in [1.807, 2.05) is 34.6 Å². The van der Waals surface area contributed by atoms with E-state index >= 15 is 0 Å². The molecule has 0 aliphatic carbocycles. The van der Waals surface area contributed by atoms with Crippen LogP contribution in [0.25, 0.3) is 0 Å². The third kappa shape index (κ3) is 2.02. The minimum absolute atomic E-state index is 0.0521. The van der Waals surface area contributed by atoms with Gasteiger partial charge in [-0.05, 0) is 26.7 Å². The highest BCUT2D eigenvalue weighted by Crippen LogP contribution is 2.32. The molecule has 13 heavy (non-hydrogen) atoms. The van der Waals surface area contributed by atoms with Crippen molar-refractivity contribution in [3.8, 4) is 0 Å². The largest absolute Gasteiger partial charge is 0.352 e. The lowest BCUT2D eigenvalue weighted by Crippen LogP contribution is -2.58. The molecule has 0 aromatic carbocycles. The first kappa shape index (κ1) is 10.5. The SMILES string of the molecule is CC1NC(=O)C(C(C)C)C(C)(C)O1. The molecule has 1 N–H and O–H groups in total. The van der Waals surface area contributed by atoms with E-state index in [2.05, 4.69) is 5.32 Å². The normalized spacial score (nSPS) is 33.2. The molecule has 3 heteroatoms. The van der Waals surface area contributed by atoms with E-state index < -0.39 is 0 Å². The summed E-state index contributed by atoms with van der Waals surface area (Å²) < 4.78 is 5.69. The van der Waals surface area contributed by atoms with Crippen molar-refractivity contribution >= 4 is 5.91 Å². The number of carbonyl (C=O) groups excluding carboxylic acids is 1. The zero-order valence-electron chi connectivity index (χ0n) is 9.05. The van der Waals surface area contributed by atoms with Gasteiger partial charge in [-0.3, -0.25) is 4.79 Å². The molecule has 1 aliphatic heterocycles. The molecule has 3 nitrogen and oxygen atoms in total. The number of rotatable bonds is 1. The van der Waals surface area contributed by atoms with Crippen molar-refractivity contribution in [2.75, 3.05) is 0 Å². The molecule has 2 unspecified atom stereocenters. The molecule has 0 aromatic rings. The van der Waals surface area contributed by atoms with E-state index in [-0.39, 0.29) is 23.7 Å². The Morgan fingerprint density at radius 1 is 1.46 bits per heavy atom. The van der Waals surface area contributed by atoms with Crippen LogP contribution in [0.15, 0.2) is 0 Å². The molecule has 0 bridgehead atoms. The Kier molecular flexibility index (Phi) is 2.66. The van der Waals surface area contributed by atoms with Gasteiger partial charge in [-0.15, -0.1) is 0 Å². The van der Waals surface area contributed by atoms with E-state index in [1.54, 1.807) is 0 Å². The first-order valence-corrected chi connectivity index (χ1v) is 4.83. The maximum Gasteiger partial charge on any atom is 0.228 e. The molecular formula is C10H19NO2. The number of ether oxygens (including phenoxy) is 1. The summed E-state index contributed by atoms with van der Waals surface area (Å²) in [5.41, 5.74) is -0.351. The highest BCUT2D eigenvalue weighted by molar-refractivity contribution is 5.80. The van der Waals surface area contributed by atoms with Crippen LogP contribution in [-0.2, 0) is 9.53 Å². The second-order valence-corrected chi connectivity index (χ2v) is 4.59. The molecule has 1 amide bonds. The second kappa shape index (κ2) is 3.29. The number of hydrogen-bond donors (Lipinski definition) is 1. The number of carbonyl (C=O) groups is 1. The summed E-state index contributed by atoms with van der Waals surface area (Å²) >= 11 is 0. The van der Waals surface area contributed by atoms with Crippen LogP contribution in [0, 0.1) is 11.8 Å². The maximum atomic E-state index is 11.7. The first-order chi connectivity index (χ1) is 5.84. The molecule has 1 heterocycles. The third-order valence-corrected chi connectivity index (χ3v) is 2.52. The van der Waals surface area contributed by atoms with Gasteiger partial charge in [0, 0.05) is 0 Å². The summed E-state index contributed by atoms with van der Waals surface area (Å²) in [4.78, 5) is 11.7. The fourth-order valence-corrected chi connectivity index (χ4v) is 2.27. The highest BCUT2D eigenvalue weighted by atomic mass is 16.5. The molecule has 1 aliphatic rings. The van der Waals surface area contributed by atoms with Crippen LogP contribution in [-0.4, -0.2) is 17.7 Å². The Bertz CT molecular complexity index is 211. The van der Waals surface area contributed by atoms with Crippen molar-refractivity contribution in [1.29, 1.82) is 0 Å². The summed E-state index contributed by atoms with van der Waals surface area (Å²) in [6, 6.07) is 0. The lowest BCUT2D eigenvalue weighted by atomic mass is 9.80. The smallest absolute Gasteiger partial charge is 0.228 e. The van der Waals surface area contributed by atoms with E-state index in [0.717, 1.165) is 0 Å². The molecule has 76 valence electrons. The highest BCUT2D eigenvalue weighted by Gasteiger charge is 2.43. The molecular weight excluding hydrogens is 166 g/mol. The Morgan fingerprint density at radius 2 is 2.00 bits per heavy atom. The summed E-state index contributed by atoms with van der Waals surface area (Å²) in [6.45, 7) is 9.91. The standard InChI is InChI=1S/C10H19NO2/c1-6(2)8-9(12)11-7(3)13-10(8,4)5/h6-8H,1-5H3,(H,11,12). The monoisotopic (exact) mass is 185 g/mol. The Labute approximate surface area is 79.8 Å². The molecule has 1 rings (SSSR count). The third-order valence-electron chi connectivity index (χ3n) is 2.52. The summed E-state index contributed by atoms with van der Waals surface area (Å²) in [7, 11) is 0. The van der Waals surface area contributed by atoms with E-state index in [0.29, 0.717) is 5.92 Å². The molecule has 0 radical (unpaired) electrons. The van der Waals surface area contributed by atoms with Crippen molar-refractivity contribution in [2.45, 2.75) is 46.4 Å². The van der Waals surface area contributed by atoms with Gasteiger partial charge < -0.3 is 10.1 Å². The van der Waals surface area contributed by atoms with E-state index in [4.69, 9.17) is 4.74 Å². The zero-order chi connectivity index (χ0) is 10.2. The Hall–Kier alpha value is -0.570. The minimum Gasteiger partial charge on any atom is -0.352 e. The van der Waals surface area contributed by atoms with E-state index in [9.17, 15) is 4.79 Å². The molecule has 1 saturated heterocycles. The van der Waals surface area contributed by atoms with Gasteiger partial charge in [0.2, 0.25) is 5.91 Å². The second-order valence-electron chi connectivity index (χ2n) is 4.59. The lowest BCUT2D eigenvalue weighted by molar-refractivity contribution is -0.176. The zero-order valence-corrected chi connectivity index (χ0v) is 9.05. The van der Waals surface area contributed by atoms with Gasteiger partial charge in [-0.2, -0.15) is 0 Å². The van der Waals surface area contributed by atoms with Gasteiger partial charge in [0.05, 0.1) is 11.5 Å². The van der Waals surface area contributed by atoms with Gasteiger partial charge in [-0.1, -0.05) is 13.8 Å². The number of amides is 1. The molecule has 0 aromatic heterocycles. The van der Waals surface area contributed by atoms with Crippen molar-refractivity contribution < 1.29 is 9.53 Å². The maximum absolute atomic E-state index is 11.7. The first-order valence-electron chi connectivity index (χ1n) is 4.83. The lowest BCUT2D eigenvalue weighted by Gasteiger charge is -2.42. The van der Waals surface area contributed by atoms with Crippen LogP contribution in [0.5, 0.6) is 0 Å². The fraction of sp³-hybridized carbons (Fsp3) is 0.900. The van der Waals surface area contributed by atoms with Crippen LogP contribution in [0.3, 0.4) is 0 Å². The van der Waals surface area contributed by atoms with Gasteiger partial charge in [0.15, 0.2) is 0 Å². The van der Waals surface area contributed by atoms with Crippen molar-refractivity contribution in [3.05, 3.63) is 0 Å². The average molecular weight is 185 g/mol. The quantitative estimate of drug-likeness (QED) is 0.672. The van der Waals surface area contributed by atoms with Gasteiger partial charge in [0.25, 0.3) is 0 Å². The fourth-order valence-electron chi connectivity index (χ4n) is 2.27. The van der Waals surface area contributed by atoms with Crippen LogP contribution in [0.2, 0.25) is 0 Å². The molecule has 0 saturated carbocycles. The van der Waals surface area contributed by atoms with Crippen LogP contribution in [0.4, 0.5) is 0 Å². The van der Waals surface area contributed by atoms with E-state index in [1.165, 1.54) is 0 Å². The van der Waals surface area contributed by atoms with Gasteiger partial charge in [-0.25, -0.2) is 0 Å². The summed E-state index contributed by atoms with van der Waals surface area (Å²) in [5.74, 6) is 0.366. The number of hydrogen-bond acceptors (Lipinski definition) is 2. The summed E-state index contributed by atoms with van der Waals surface area (Å²) in [6.07, 6.45) is -0.169. The topological polar surface area (TPSA) is 38.3 Å². The van der Waals surface area contributed by atoms with Crippen LogP contribution < -0.4 is 5.32 Å². The van der Waals surface area contributed by atoms with Crippen molar-refractivity contribution in [3.63, 3.8) is 0 Å². The van der Waals surface area contributed by atoms with Crippen molar-refractivity contribution in [1.82, 2.24) is 5.32 Å². The predicted octanol–water partition coefficient (Wildman–Crippen LogP) is 1.53. The molecule has 2 atom stereocenters.